The molecule has 0 aliphatic heterocycles. The van der Waals surface area contributed by atoms with Crippen molar-refractivity contribution in [2.45, 2.75) is 32.0 Å². The third kappa shape index (κ3) is 4.75. The number of phenols is 1. The second-order valence-corrected chi connectivity index (χ2v) is 5.54. The van der Waals surface area contributed by atoms with Crippen molar-refractivity contribution < 1.29 is 23.1 Å². The lowest BCUT2D eigenvalue weighted by atomic mass is 10.0. The third-order valence-electron chi connectivity index (χ3n) is 3.70. The zero-order valence-corrected chi connectivity index (χ0v) is 13.1. The van der Waals surface area contributed by atoms with E-state index < -0.39 is 17.8 Å². The second-order valence-electron chi connectivity index (χ2n) is 5.54. The van der Waals surface area contributed by atoms with Crippen molar-refractivity contribution >= 4 is 5.91 Å². The number of para-hydroxylation sites is 1. The normalized spacial score (nSPS) is 12.7. The molecular formula is C18H18F3NO2. The average Bonchev–Trinajstić information content (AvgIpc) is 2.53. The second kappa shape index (κ2) is 7.38. The van der Waals surface area contributed by atoms with E-state index in [1.807, 2.05) is 0 Å². The zero-order valence-electron chi connectivity index (χ0n) is 13.1. The van der Waals surface area contributed by atoms with Gasteiger partial charge in [-0.3, -0.25) is 4.79 Å². The Balaban J connectivity index is 1.95. The van der Waals surface area contributed by atoms with Crippen molar-refractivity contribution in [3.8, 4) is 5.75 Å². The molecule has 0 heterocycles. The monoisotopic (exact) mass is 337 g/mol. The minimum atomic E-state index is -4.41. The van der Waals surface area contributed by atoms with Gasteiger partial charge in [0.05, 0.1) is 11.6 Å². The van der Waals surface area contributed by atoms with Crippen LogP contribution < -0.4 is 5.32 Å². The number of halogens is 3. The number of nitrogens with one attached hydrogen (secondary N) is 1. The number of benzene rings is 2. The highest BCUT2D eigenvalue weighted by Crippen LogP contribution is 2.30. The number of phenolic OH excluding ortho intramolecular Hbond substituents is 1. The van der Waals surface area contributed by atoms with Gasteiger partial charge in [0.15, 0.2) is 0 Å². The maximum Gasteiger partial charge on any atom is 0.416 e. The van der Waals surface area contributed by atoms with Gasteiger partial charge >= 0.3 is 6.18 Å². The van der Waals surface area contributed by atoms with E-state index in [9.17, 15) is 23.1 Å². The van der Waals surface area contributed by atoms with E-state index in [4.69, 9.17) is 0 Å². The number of hydrogen-bond acceptors (Lipinski definition) is 2. The number of rotatable bonds is 5. The Hall–Kier alpha value is -2.50. The van der Waals surface area contributed by atoms with Crippen LogP contribution in [0.15, 0.2) is 48.5 Å². The quantitative estimate of drug-likeness (QED) is 0.858. The molecule has 0 fully saturated rings. The molecule has 0 aromatic heterocycles. The molecule has 2 aromatic carbocycles. The first-order valence-electron chi connectivity index (χ1n) is 7.51. The van der Waals surface area contributed by atoms with Gasteiger partial charge in [0, 0.05) is 6.42 Å². The summed E-state index contributed by atoms with van der Waals surface area (Å²) in [4.78, 5) is 12.0. The predicted octanol–water partition coefficient (Wildman–Crippen LogP) is 4.22. The topological polar surface area (TPSA) is 49.3 Å². The van der Waals surface area contributed by atoms with Crippen molar-refractivity contribution in [2.75, 3.05) is 0 Å². The summed E-state index contributed by atoms with van der Waals surface area (Å²) in [6.07, 6.45) is -3.92. The summed E-state index contributed by atoms with van der Waals surface area (Å²) in [5, 5.41) is 12.3. The van der Waals surface area contributed by atoms with Crippen LogP contribution in [-0.2, 0) is 17.4 Å². The van der Waals surface area contributed by atoms with Gasteiger partial charge < -0.3 is 10.4 Å². The lowest BCUT2D eigenvalue weighted by Gasteiger charge is -2.16. The van der Waals surface area contributed by atoms with Gasteiger partial charge in [-0.05, 0) is 42.7 Å². The van der Waals surface area contributed by atoms with Crippen LogP contribution in [0.5, 0.6) is 5.75 Å². The van der Waals surface area contributed by atoms with Gasteiger partial charge in [0.25, 0.3) is 0 Å². The molecule has 0 saturated carbocycles. The first-order valence-corrected chi connectivity index (χ1v) is 7.51. The minimum Gasteiger partial charge on any atom is -0.508 e. The molecule has 2 N–H and O–H groups in total. The number of hydrogen-bond donors (Lipinski definition) is 2. The summed E-state index contributed by atoms with van der Waals surface area (Å²) >= 11 is 0. The number of amides is 1. The highest BCUT2D eigenvalue weighted by atomic mass is 19.4. The Bertz CT molecular complexity index is 713. The van der Waals surface area contributed by atoms with Gasteiger partial charge in [-0.25, -0.2) is 0 Å². The SMILES string of the molecule is CC(NC(=O)CCc1ccccc1O)c1cccc(C(F)(F)F)c1. The van der Waals surface area contributed by atoms with Crippen LogP contribution in [0.3, 0.4) is 0 Å². The lowest BCUT2D eigenvalue weighted by molar-refractivity contribution is -0.137. The Kier molecular flexibility index (Phi) is 5.49. The predicted molar refractivity (Wildman–Crippen MR) is 84.4 cm³/mol. The fraction of sp³-hybridized carbons (Fsp3) is 0.278. The largest absolute Gasteiger partial charge is 0.508 e. The minimum absolute atomic E-state index is 0.122. The Morgan fingerprint density at radius 2 is 1.88 bits per heavy atom. The van der Waals surface area contributed by atoms with E-state index in [-0.39, 0.29) is 18.1 Å². The highest BCUT2D eigenvalue weighted by molar-refractivity contribution is 5.76. The molecule has 0 radical (unpaired) electrons. The molecule has 1 atom stereocenters. The van der Waals surface area contributed by atoms with Crippen LogP contribution in [-0.4, -0.2) is 11.0 Å². The van der Waals surface area contributed by atoms with Crippen LogP contribution in [0, 0.1) is 0 Å². The van der Waals surface area contributed by atoms with E-state index in [2.05, 4.69) is 5.32 Å². The fourth-order valence-electron chi connectivity index (χ4n) is 2.35. The molecule has 1 unspecified atom stereocenters. The summed E-state index contributed by atoms with van der Waals surface area (Å²) in [5.41, 5.74) is 0.301. The number of alkyl halides is 3. The Morgan fingerprint density at radius 1 is 1.17 bits per heavy atom. The molecular weight excluding hydrogens is 319 g/mol. The van der Waals surface area contributed by atoms with E-state index in [0.717, 1.165) is 12.1 Å². The van der Waals surface area contributed by atoms with E-state index in [1.54, 1.807) is 37.3 Å². The van der Waals surface area contributed by atoms with Crippen molar-refractivity contribution in [2.24, 2.45) is 0 Å². The van der Waals surface area contributed by atoms with E-state index in [0.29, 0.717) is 17.5 Å². The molecule has 0 spiro atoms. The summed E-state index contributed by atoms with van der Waals surface area (Å²) in [6.45, 7) is 1.63. The molecule has 0 aliphatic carbocycles. The maximum absolute atomic E-state index is 12.7. The molecule has 2 rings (SSSR count). The average molecular weight is 337 g/mol. The van der Waals surface area contributed by atoms with Crippen molar-refractivity contribution in [3.63, 3.8) is 0 Å². The number of carbonyl (C=O) groups is 1. The van der Waals surface area contributed by atoms with E-state index in [1.165, 1.54) is 6.07 Å². The van der Waals surface area contributed by atoms with E-state index >= 15 is 0 Å². The number of carbonyl (C=O) groups excluding carboxylic acids is 1. The number of aryl methyl sites for hydroxylation is 1. The fourth-order valence-corrected chi connectivity index (χ4v) is 2.35. The Morgan fingerprint density at radius 3 is 2.54 bits per heavy atom. The Labute approximate surface area is 138 Å². The molecule has 0 bridgehead atoms. The maximum atomic E-state index is 12.7. The van der Waals surface area contributed by atoms with Crippen LogP contribution in [0.25, 0.3) is 0 Å². The van der Waals surface area contributed by atoms with Gasteiger partial charge in [0.2, 0.25) is 5.91 Å². The van der Waals surface area contributed by atoms with Crippen LogP contribution in [0.2, 0.25) is 0 Å². The lowest BCUT2D eigenvalue weighted by Crippen LogP contribution is -2.27. The van der Waals surface area contributed by atoms with Crippen molar-refractivity contribution in [3.05, 3.63) is 65.2 Å². The first-order chi connectivity index (χ1) is 11.3. The van der Waals surface area contributed by atoms with Crippen LogP contribution in [0.4, 0.5) is 13.2 Å². The van der Waals surface area contributed by atoms with Gasteiger partial charge in [0.1, 0.15) is 5.75 Å². The third-order valence-corrected chi connectivity index (χ3v) is 3.70. The molecule has 3 nitrogen and oxygen atoms in total. The summed E-state index contributed by atoms with van der Waals surface area (Å²) in [6, 6.07) is 11.1. The standard InChI is InChI=1S/C18H18F3NO2/c1-12(14-6-4-7-15(11-14)18(19,20)21)22-17(24)10-9-13-5-2-3-8-16(13)23/h2-8,11-12,23H,9-10H2,1H3,(H,22,24). The van der Waals surface area contributed by atoms with Crippen LogP contribution >= 0.6 is 0 Å². The number of aromatic hydroxyl groups is 1. The molecule has 0 aliphatic rings. The molecule has 24 heavy (non-hydrogen) atoms. The van der Waals surface area contributed by atoms with Gasteiger partial charge in [-0.2, -0.15) is 13.2 Å². The summed E-state index contributed by atoms with van der Waals surface area (Å²) in [5.74, 6) is -0.167. The summed E-state index contributed by atoms with van der Waals surface area (Å²) < 4.78 is 38.2. The molecule has 6 heteroatoms. The smallest absolute Gasteiger partial charge is 0.416 e. The zero-order chi connectivity index (χ0) is 17.7. The molecule has 128 valence electrons. The molecule has 0 saturated heterocycles. The van der Waals surface area contributed by atoms with Gasteiger partial charge in [-0.1, -0.05) is 30.3 Å². The van der Waals surface area contributed by atoms with Crippen molar-refractivity contribution in [1.29, 1.82) is 0 Å². The van der Waals surface area contributed by atoms with Crippen LogP contribution in [0.1, 0.15) is 36.1 Å². The first kappa shape index (κ1) is 17.8. The van der Waals surface area contributed by atoms with Gasteiger partial charge in [-0.15, -0.1) is 0 Å². The summed E-state index contributed by atoms with van der Waals surface area (Å²) in [7, 11) is 0. The molecule has 2 aromatic rings. The highest BCUT2D eigenvalue weighted by Gasteiger charge is 2.30. The van der Waals surface area contributed by atoms with Crippen molar-refractivity contribution in [1.82, 2.24) is 5.32 Å². The molecule has 1 amide bonds.